The smallest absolute Gasteiger partial charge is 0.299 e. The lowest BCUT2D eigenvalue weighted by Crippen LogP contribution is -2.11. The third-order valence-electron chi connectivity index (χ3n) is 2.24. The first-order valence-electron chi connectivity index (χ1n) is 5.67. The van der Waals surface area contributed by atoms with E-state index in [-0.39, 0.29) is 0 Å². The quantitative estimate of drug-likeness (QED) is 0.869. The van der Waals surface area contributed by atoms with Crippen LogP contribution in [0.25, 0.3) is 0 Å². The number of benzene rings is 1. The molecule has 0 fully saturated rings. The first-order valence-corrected chi connectivity index (χ1v) is 6.48. The molecule has 1 N–H and O–H groups in total. The van der Waals surface area contributed by atoms with Crippen LogP contribution >= 0.6 is 11.3 Å². The van der Waals surface area contributed by atoms with Gasteiger partial charge in [0, 0.05) is 6.54 Å². The minimum absolute atomic E-state index is 0.549. The fourth-order valence-corrected chi connectivity index (χ4v) is 2.00. The van der Waals surface area contributed by atoms with Crippen LogP contribution in [-0.2, 0) is 6.54 Å². The number of nitrogens with one attached hydrogen (secondary N) is 1. The second-order valence-electron chi connectivity index (χ2n) is 3.52. The van der Waals surface area contributed by atoms with Gasteiger partial charge in [-0.05, 0) is 30.8 Å². The first kappa shape index (κ1) is 12.8. The van der Waals surface area contributed by atoms with Crippen LogP contribution in [0.2, 0.25) is 0 Å². The lowest BCUT2D eigenvalue weighted by atomic mass is 10.3. The average molecular weight is 265 g/mol. The zero-order valence-electron chi connectivity index (χ0n) is 10.3. The number of methoxy groups -OCH3 is 1. The standard InChI is InChI=1S/C12H15N3O2S/c1-3-13-8-11-14-15-12(18-11)17-10-6-4-9(16-2)5-7-10/h4-7,13H,3,8H2,1-2H3. The second kappa shape index (κ2) is 6.32. The van der Waals surface area contributed by atoms with E-state index in [1.54, 1.807) is 7.11 Å². The zero-order valence-corrected chi connectivity index (χ0v) is 11.2. The van der Waals surface area contributed by atoms with Gasteiger partial charge in [0.05, 0.1) is 7.11 Å². The van der Waals surface area contributed by atoms with Crippen molar-refractivity contribution in [2.24, 2.45) is 0 Å². The van der Waals surface area contributed by atoms with Crippen molar-refractivity contribution in [1.82, 2.24) is 15.5 Å². The second-order valence-corrected chi connectivity index (χ2v) is 4.54. The van der Waals surface area contributed by atoms with Gasteiger partial charge >= 0.3 is 0 Å². The van der Waals surface area contributed by atoms with Gasteiger partial charge in [0.2, 0.25) is 0 Å². The predicted octanol–water partition coefficient (Wildman–Crippen LogP) is 2.45. The molecular formula is C12H15N3O2S. The van der Waals surface area contributed by atoms with Gasteiger partial charge in [-0.3, -0.25) is 0 Å². The van der Waals surface area contributed by atoms with E-state index < -0.39 is 0 Å². The van der Waals surface area contributed by atoms with Crippen molar-refractivity contribution in [2.75, 3.05) is 13.7 Å². The van der Waals surface area contributed by atoms with Gasteiger partial charge in [-0.1, -0.05) is 23.4 Å². The number of ether oxygens (including phenoxy) is 2. The summed E-state index contributed by atoms with van der Waals surface area (Å²) < 4.78 is 10.7. The molecule has 1 aromatic carbocycles. The summed E-state index contributed by atoms with van der Waals surface area (Å²) in [5, 5.41) is 12.7. The molecule has 0 aliphatic carbocycles. The maximum absolute atomic E-state index is 5.60. The minimum Gasteiger partial charge on any atom is -0.497 e. The van der Waals surface area contributed by atoms with Gasteiger partial charge in [0.15, 0.2) is 0 Å². The highest BCUT2D eigenvalue weighted by molar-refractivity contribution is 7.13. The Bertz CT molecular complexity index is 484. The van der Waals surface area contributed by atoms with Crippen LogP contribution in [0.5, 0.6) is 16.7 Å². The van der Waals surface area contributed by atoms with E-state index in [4.69, 9.17) is 9.47 Å². The number of hydrogen-bond acceptors (Lipinski definition) is 6. The highest BCUT2D eigenvalue weighted by Crippen LogP contribution is 2.26. The summed E-state index contributed by atoms with van der Waals surface area (Å²) in [4.78, 5) is 0. The minimum atomic E-state index is 0.549. The van der Waals surface area contributed by atoms with Gasteiger partial charge in [-0.25, -0.2) is 0 Å². The summed E-state index contributed by atoms with van der Waals surface area (Å²) in [6, 6.07) is 7.36. The highest BCUT2D eigenvalue weighted by Gasteiger charge is 2.05. The molecule has 0 atom stereocenters. The molecule has 0 aliphatic rings. The van der Waals surface area contributed by atoms with Gasteiger partial charge in [0.25, 0.3) is 5.19 Å². The largest absolute Gasteiger partial charge is 0.497 e. The van der Waals surface area contributed by atoms with E-state index in [1.807, 2.05) is 24.3 Å². The molecule has 1 aromatic heterocycles. The molecule has 0 unspecified atom stereocenters. The molecule has 0 spiro atoms. The normalized spacial score (nSPS) is 10.3. The highest BCUT2D eigenvalue weighted by atomic mass is 32.1. The van der Waals surface area contributed by atoms with Gasteiger partial charge < -0.3 is 14.8 Å². The van der Waals surface area contributed by atoms with Crippen LogP contribution in [0.4, 0.5) is 0 Å². The van der Waals surface area contributed by atoms with Crippen LogP contribution in [0, 0.1) is 0 Å². The molecule has 5 nitrogen and oxygen atoms in total. The third kappa shape index (κ3) is 3.41. The molecule has 1 heterocycles. The van der Waals surface area contributed by atoms with Crippen molar-refractivity contribution >= 4 is 11.3 Å². The molecule has 6 heteroatoms. The molecule has 0 radical (unpaired) electrons. The first-order chi connectivity index (χ1) is 8.81. The fraction of sp³-hybridized carbons (Fsp3) is 0.333. The van der Waals surface area contributed by atoms with E-state index in [1.165, 1.54) is 11.3 Å². The molecular weight excluding hydrogens is 250 g/mol. The van der Waals surface area contributed by atoms with Crippen LogP contribution in [0.3, 0.4) is 0 Å². The van der Waals surface area contributed by atoms with Crippen molar-refractivity contribution in [1.29, 1.82) is 0 Å². The summed E-state index contributed by atoms with van der Waals surface area (Å²) in [6.45, 7) is 3.68. The fourth-order valence-electron chi connectivity index (χ4n) is 1.33. The summed E-state index contributed by atoms with van der Waals surface area (Å²) in [6.07, 6.45) is 0. The van der Waals surface area contributed by atoms with E-state index in [2.05, 4.69) is 22.4 Å². The van der Waals surface area contributed by atoms with E-state index in [0.29, 0.717) is 5.19 Å². The predicted molar refractivity (Wildman–Crippen MR) is 70.4 cm³/mol. The van der Waals surface area contributed by atoms with Crippen molar-refractivity contribution in [3.63, 3.8) is 0 Å². The van der Waals surface area contributed by atoms with Crippen molar-refractivity contribution in [3.05, 3.63) is 29.3 Å². The lowest BCUT2D eigenvalue weighted by molar-refractivity contribution is 0.412. The number of aromatic nitrogens is 2. The Balaban J connectivity index is 1.97. The maximum Gasteiger partial charge on any atom is 0.299 e. The third-order valence-corrected chi connectivity index (χ3v) is 3.04. The molecule has 18 heavy (non-hydrogen) atoms. The van der Waals surface area contributed by atoms with Crippen molar-refractivity contribution < 1.29 is 9.47 Å². The molecule has 0 bridgehead atoms. The molecule has 0 saturated heterocycles. The summed E-state index contributed by atoms with van der Waals surface area (Å²) in [5.41, 5.74) is 0. The Kier molecular flexibility index (Phi) is 4.49. The Morgan fingerprint density at radius 3 is 2.56 bits per heavy atom. The molecule has 96 valence electrons. The van der Waals surface area contributed by atoms with E-state index >= 15 is 0 Å². The number of rotatable bonds is 6. The SMILES string of the molecule is CCNCc1nnc(Oc2ccc(OC)cc2)s1. The van der Waals surface area contributed by atoms with Crippen molar-refractivity contribution in [2.45, 2.75) is 13.5 Å². The lowest BCUT2D eigenvalue weighted by Gasteiger charge is -2.02. The molecule has 0 amide bonds. The van der Waals surface area contributed by atoms with Crippen molar-refractivity contribution in [3.8, 4) is 16.7 Å². The Morgan fingerprint density at radius 1 is 1.17 bits per heavy atom. The van der Waals surface area contributed by atoms with Crippen LogP contribution < -0.4 is 14.8 Å². The molecule has 0 aliphatic heterocycles. The van der Waals surface area contributed by atoms with Crippen LogP contribution in [0.1, 0.15) is 11.9 Å². The number of nitrogens with zero attached hydrogens (tertiary/aromatic N) is 2. The Labute approximate surface area is 110 Å². The topological polar surface area (TPSA) is 56.3 Å². The Morgan fingerprint density at radius 2 is 1.89 bits per heavy atom. The van der Waals surface area contributed by atoms with Crippen LogP contribution in [-0.4, -0.2) is 23.9 Å². The van der Waals surface area contributed by atoms with E-state index in [0.717, 1.165) is 29.6 Å². The Hall–Kier alpha value is -1.66. The van der Waals surface area contributed by atoms with Gasteiger partial charge in [-0.15, -0.1) is 5.10 Å². The summed E-state index contributed by atoms with van der Waals surface area (Å²) >= 11 is 1.44. The molecule has 0 saturated carbocycles. The number of hydrogen-bond donors (Lipinski definition) is 1. The van der Waals surface area contributed by atoms with E-state index in [9.17, 15) is 0 Å². The monoisotopic (exact) mass is 265 g/mol. The zero-order chi connectivity index (χ0) is 12.8. The molecule has 2 aromatic rings. The van der Waals surface area contributed by atoms with Gasteiger partial charge in [0.1, 0.15) is 16.5 Å². The summed E-state index contributed by atoms with van der Waals surface area (Å²) in [7, 11) is 1.63. The summed E-state index contributed by atoms with van der Waals surface area (Å²) in [5.74, 6) is 1.52. The average Bonchev–Trinajstić information content (AvgIpc) is 2.85. The van der Waals surface area contributed by atoms with Crippen LogP contribution in [0.15, 0.2) is 24.3 Å². The maximum atomic E-state index is 5.60. The van der Waals surface area contributed by atoms with Gasteiger partial charge in [-0.2, -0.15) is 0 Å². The molecule has 2 rings (SSSR count).